The van der Waals surface area contributed by atoms with E-state index in [0.29, 0.717) is 6.42 Å². The van der Waals surface area contributed by atoms with Gasteiger partial charge in [-0.05, 0) is 18.6 Å². The van der Waals surface area contributed by atoms with E-state index in [1.807, 2.05) is 6.92 Å². The van der Waals surface area contributed by atoms with E-state index in [9.17, 15) is 18.0 Å². The van der Waals surface area contributed by atoms with E-state index in [1.54, 1.807) is 32.0 Å². The Morgan fingerprint density at radius 1 is 1.21 bits per heavy atom. The van der Waals surface area contributed by atoms with E-state index in [0.717, 1.165) is 4.31 Å². The van der Waals surface area contributed by atoms with Crippen LogP contribution in [0.4, 0.5) is 0 Å². The van der Waals surface area contributed by atoms with Crippen LogP contribution in [0, 0.1) is 5.92 Å². The van der Waals surface area contributed by atoms with E-state index >= 15 is 0 Å². The molecule has 0 spiro atoms. The first kappa shape index (κ1) is 18.2. The molecule has 1 aromatic rings. The lowest BCUT2D eigenvalue weighted by molar-refractivity contribution is -0.140. The highest BCUT2D eigenvalue weighted by Crippen LogP contribution is 2.38. The number of fused-ring (bicyclic) bond motifs is 1. The van der Waals surface area contributed by atoms with Crippen LogP contribution in [0.1, 0.15) is 39.7 Å². The number of hydrogen-bond acceptors (Lipinski definition) is 5. The van der Waals surface area contributed by atoms with Crippen LogP contribution in [-0.2, 0) is 24.3 Å². The Bertz CT molecular complexity index is 808. The van der Waals surface area contributed by atoms with Gasteiger partial charge in [0.2, 0.25) is 0 Å². The highest BCUT2D eigenvalue weighted by molar-refractivity contribution is 7.89. The molecule has 2 rings (SSSR count). The van der Waals surface area contributed by atoms with Crippen molar-refractivity contribution >= 4 is 27.5 Å². The summed E-state index contributed by atoms with van der Waals surface area (Å²) in [6.45, 7) is 6.56. The summed E-state index contributed by atoms with van der Waals surface area (Å²) in [5.74, 6) is -1.38. The van der Waals surface area contributed by atoms with Crippen molar-refractivity contribution in [3.05, 3.63) is 35.5 Å². The second-order valence-electron chi connectivity index (χ2n) is 5.88. The van der Waals surface area contributed by atoms with Crippen molar-refractivity contribution in [2.24, 2.45) is 5.92 Å². The van der Waals surface area contributed by atoms with Gasteiger partial charge in [0.05, 0.1) is 10.8 Å². The molecule has 1 heterocycles. The predicted molar refractivity (Wildman–Crippen MR) is 89.2 cm³/mol. The molecule has 0 N–H and O–H groups in total. The van der Waals surface area contributed by atoms with Crippen LogP contribution < -0.4 is 0 Å². The van der Waals surface area contributed by atoms with Crippen LogP contribution >= 0.6 is 0 Å². The summed E-state index contributed by atoms with van der Waals surface area (Å²) in [5.41, 5.74) is 0.147. The van der Waals surface area contributed by atoms with Gasteiger partial charge in [-0.3, -0.25) is 13.9 Å². The van der Waals surface area contributed by atoms with Gasteiger partial charge < -0.3 is 4.74 Å². The minimum atomic E-state index is -3.86. The van der Waals surface area contributed by atoms with Gasteiger partial charge in [-0.1, -0.05) is 32.9 Å². The monoisotopic (exact) mass is 351 g/mol. The second kappa shape index (κ2) is 6.76. The third-order valence-corrected chi connectivity index (χ3v) is 5.46. The number of sulfonamides is 1. The number of hydrogen-bond donors (Lipinski definition) is 0. The Balaban J connectivity index is 2.78. The standard InChI is InChI=1S/C17H21NO5S/c1-5-10-18-15(12(4)19)16(23-17(20)11(2)3)13-8-6-7-9-14(13)24(18,21)22/h6-9,11H,5,10H2,1-4H3. The quantitative estimate of drug-likeness (QED) is 0.762. The highest BCUT2D eigenvalue weighted by atomic mass is 32.2. The Labute approximate surface area is 142 Å². The van der Waals surface area contributed by atoms with Gasteiger partial charge in [-0.15, -0.1) is 0 Å². The number of ether oxygens (including phenoxy) is 1. The second-order valence-corrected chi connectivity index (χ2v) is 7.71. The fourth-order valence-corrected chi connectivity index (χ4v) is 4.25. The van der Waals surface area contributed by atoms with Crippen LogP contribution in [-0.4, -0.2) is 31.0 Å². The molecule has 0 aromatic heterocycles. The largest absolute Gasteiger partial charge is 0.423 e. The number of benzene rings is 1. The Hall–Kier alpha value is -2.15. The normalized spacial score (nSPS) is 16.1. The van der Waals surface area contributed by atoms with Crippen molar-refractivity contribution in [2.45, 2.75) is 39.0 Å². The molecule has 6 nitrogen and oxygen atoms in total. The first-order valence-corrected chi connectivity index (χ1v) is 9.24. The summed E-state index contributed by atoms with van der Waals surface area (Å²) in [4.78, 5) is 24.3. The fraction of sp³-hybridized carbons (Fsp3) is 0.412. The molecular formula is C17H21NO5S. The highest BCUT2D eigenvalue weighted by Gasteiger charge is 2.39. The smallest absolute Gasteiger partial charge is 0.313 e. The van der Waals surface area contributed by atoms with E-state index in [2.05, 4.69) is 0 Å². The SMILES string of the molecule is CCCN1C(C(C)=O)=C(OC(=O)C(C)C)c2ccccc2S1(=O)=O. The van der Waals surface area contributed by atoms with Gasteiger partial charge >= 0.3 is 5.97 Å². The average molecular weight is 351 g/mol. The summed E-state index contributed by atoms with van der Waals surface area (Å²) in [6, 6.07) is 6.24. The predicted octanol–water partition coefficient (Wildman–Crippen LogP) is 2.56. The van der Waals surface area contributed by atoms with Crippen LogP contribution in [0.15, 0.2) is 34.9 Å². The summed E-state index contributed by atoms with van der Waals surface area (Å²) in [7, 11) is -3.86. The fourth-order valence-electron chi connectivity index (χ4n) is 2.45. The van der Waals surface area contributed by atoms with E-state index in [1.165, 1.54) is 13.0 Å². The molecule has 0 aliphatic carbocycles. The Morgan fingerprint density at radius 3 is 2.38 bits per heavy atom. The number of esters is 1. The zero-order valence-electron chi connectivity index (χ0n) is 14.2. The van der Waals surface area contributed by atoms with Crippen LogP contribution in [0.2, 0.25) is 0 Å². The van der Waals surface area contributed by atoms with E-state index < -0.39 is 27.7 Å². The van der Waals surface area contributed by atoms with Crippen molar-refractivity contribution in [1.29, 1.82) is 0 Å². The summed E-state index contributed by atoms with van der Waals surface area (Å²) in [6.07, 6.45) is 0.517. The molecule has 0 fully saturated rings. The molecule has 1 aromatic carbocycles. The van der Waals surface area contributed by atoms with Gasteiger partial charge in [0.15, 0.2) is 11.5 Å². The number of carbonyl (C=O) groups excluding carboxylic acids is 2. The molecule has 7 heteroatoms. The van der Waals surface area contributed by atoms with Crippen LogP contribution in [0.5, 0.6) is 0 Å². The lowest BCUT2D eigenvalue weighted by Gasteiger charge is -2.32. The van der Waals surface area contributed by atoms with E-state index in [-0.39, 0.29) is 28.5 Å². The first-order valence-electron chi connectivity index (χ1n) is 7.80. The summed E-state index contributed by atoms with van der Waals surface area (Å²) < 4.78 is 32.2. The number of ketones is 1. The maximum atomic E-state index is 12.9. The third kappa shape index (κ3) is 3.08. The van der Waals surface area contributed by atoms with Crippen molar-refractivity contribution in [1.82, 2.24) is 4.31 Å². The number of allylic oxidation sites excluding steroid dienone is 1. The lowest BCUT2D eigenvalue weighted by Crippen LogP contribution is -2.38. The maximum Gasteiger partial charge on any atom is 0.313 e. The zero-order valence-corrected chi connectivity index (χ0v) is 15.0. The number of rotatable bonds is 5. The molecule has 0 unspecified atom stereocenters. The average Bonchev–Trinajstić information content (AvgIpc) is 2.51. The van der Waals surface area contributed by atoms with Crippen molar-refractivity contribution < 1.29 is 22.7 Å². The summed E-state index contributed by atoms with van der Waals surface area (Å²) >= 11 is 0. The molecule has 0 radical (unpaired) electrons. The molecule has 0 saturated heterocycles. The first-order chi connectivity index (χ1) is 11.2. The number of nitrogens with zero attached hydrogens (tertiary/aromatic N) is 1. The Kier molecular flexibility index (Phi) is 5.13. The van der Waals surface area contributed by atoms with Gasteiger partial charge in [-0.2, -0.15) is 0 Å². The molecule has 130 valence electrons. The lowest BCUT2D eigenvalue weighted by atomic mass is 10.1. The molecule has 24 heavy (non-hydrogen) atoms. The van der Waals surface area contributed by atoms with Gasteiger partial charge in [0.1, 0.15) is 5.70 Å². The van der Waals surface area contributed by atoms with Crippen molar-refractivity contribution in [3.8, 4) is 0 Å². The number of carbonyl (C=O) groups is 2. The molecule has 0 saturated carbocycles. The van der Waals surface area contributed by atoms with Gasteiger partial charge in [0.25, 0.3) is 10.0 Å². The molecule has 1 aliphatic heterocycles. The van der Waals surface area contributed by atoms with E-state index in [4.69, 9.17) is 4.74 Å². The molecular weight excluding hydrogens is 330 g/mol. The molecule has 1 aliphatic rings. The molecule has 0 amide bonds. The van der Waals surface area contributed by atoms with Gasteiger partial charge in [-0.25, -0.2) is 8.42 Å². The molecule has 0 bridgehead atoms. The Morgan fingerprint density at radius 2 is 1.83 bits per heavy atom. The van der Waals surface area contributed by atoms with Gasteiger partial charge in [0, 0.05) is 19.0 Å². The topological polar surface area (TPSA) is 80.8 Å². The minimum Gasteiger partial charge on any atom is -0.423 e. The van der Waals surface area contributed by atoms with Crippen LogP contribution in [0.25, 0.3) is 5.76 Å². The van der Waals surface area contributed by atoms with Crippen LogP contribution in [0.3, 0.4) is 0 Å². The van der Waals surface area contributed by atoms with Crippen molar-refractivity contribution in [3.63, 3.8) is 0 Å². The maximum absolute atomic E-state index is 12.9. The zero-order chi connectivity index (χ0) is 18.1. The number of Topliss-reactive ketones (excluding diaryl/α,β-unsaturated/α-hetero) is 1. The third-order valence-electron chi connectivity index (χ3n) is 3.60. The molecule has 0 atom stereocenters. The van der Waals surface area contributed by atoms with Crippen molar-refractivity contribution in [2.75, 3.05) is 6.54 Å². The summed E-state index contributed by atoms with van der Waals surface area (Å²) in [5, 5.41) is 0. The minimum absolute atomic E-state index is 0.0140.